The largest absolute Gasteiger partial charge is 0.323 e. The van der Waals surface area contributed by atoms with Crippen LogP contribution in [0.2, 0.25) is 5.02 Å². The molecule has 0 spiro atoms. The van der Waals surface area contributed by atoms with Crippen LogP contribution in [0.4, 0.5) is 10.1 Å². The second-order valence-corrected chi connectivity index (χ2v) is 9.41. The monoisotopic (exact) mass is 463 g/mol. The minimum Gasteiger partial charge on any atom is -0.323 e. The van der Waals surface area contributed by atoms with Gasteiger partial charge in [-0.25, -0.2) is 22.5 Å². The highest BCUT2D eigenvalue weighted by atomic mass is 35.5. The summed E-state index contributed by atoms with van der Waals surface area (Å²) in [6.07, 6.45) is 5.67. The molecule has 4 rings (SSSR count). The van der Waals surface area contributed by atoms with E-state index in [4.69, 9.17) is 11.6 Å². The zero-order valence-electron chi connectivity index (χ0n) is 16.3. The number of anilines is 1. The molecule has 1 aromatic carbocycles. The van der Waals surface area contributed by atoms with E-state index in [0.29, 0.717) is 24.3 Å². The molecule has 8 nitrogen and oxygen atoms in total. The molecule has 1 saturated heterocycles. The fourth-order valence-corrected chi connectivity index (χ4v) is 5.19. The number of sulfonamides is 1. The summed E-state index contributed by atoms with van der Waals surface area (Å²) >= 11 is 5.73. The van der Waals surface area contributed by atoms with Gasteiger partial charge < -0.3 is 5.32 Å². The molecule has 1 aliphatic rings. The van der Waals surface area contributed by atoms with Crippen molar-refractivity contribution in [2.45, 2.75) is 17.7 Å². The first kappa shape index (κ1) is 21.4. The first-order valence-corrected chi connectivity index (χ1v) is 11.4. The minimum atomic E-state index is -3.82. The highest BCUT2D eigenvalue weighted by Gasteiger charge is 2.32. The molecule has 1 N–H and O–H groups in total. The maximum atomic E-state index is 13.4. The standard InChI is InChI=1S/C20H19ClFN5O3S/c21-16-13-15(4-5-17(16)22)31(29,30)26-11-6-14(7-12-26)20(28)25-18-3-1-8-23-19(18)27-10-2-9-24-27/h1-5,8-10,13-14H,6-7,11-12H2,(H,25,28). The Morgan fingerprint density at radius 3 is 2.61 bits per heavy atom. The lowest BCUT2D eigenvalue weighted by Gasteiger charge is -2.30. The lowest BCUT2D eigenvalue weighted by molar-refractivity contribution is -0.120. The molecule has 3 aromatic rings. The summed E-state index contributed by atoms with van der Waals surface area (Å²) in [6.45, 7) is 0.350. The average molecular weight is 464 g/mol. The van der Waals surface area contributed by atoms with Crippen molar-refractivity contribution in [2.75, 3.05) is 18.4 Å². The molecule has 11 heteroatoms. The summed E-state index contributed by atoms with van der Waals surface area (Å²) in [5.74, 6) is -0.743. The van der Waals surface area contributed by atoms with Gasteiger partial charge in [0.2, 0.25) is 15.9 Å². The van der Waals surface area contributed by atoms with E-state index in [1.54, 1.807) is 41.5 Å². The normalized spacial score (nSPS) is 15.7. The fourth-order valence-electron chi connectivity index (χ4n) is 3.45. The molecule has 0 radical (unpaired) electrons. The number of benzene rings is 1. The number of hydrogen-bond acceptors (Lipinski definition) is 5. The smallest absolute Gasteiger partial charge is 0.243 e. The van der Waals surface area contributed by atoms with Crippen LogP contribution in [0.3, 0.4) is 0 Å². The van der Waals surface area contributed by atoms with Crippen LogP contribution in [0, 0.1) is 11.7 Å². The van der Waals surface area contributed by atoms with E-state index in [1.165, 1.54) is 10.4 Å². The predicted molar refractivity (Wildman–Crippen MR) is 113 cm³/mol. The highest BCUT2D eigenvalue weighted by Crippen LogP contribution is 2.27. The van der Waals surface area contributed by atoms with Crippen LogP contribution in [0.15, 0.2) is 59.9 Å². The zero-order valence-corrected chi connectivity index (χ0v) is 17.9. The van der Waals surface area contributed by atoms with E-state index in [0.717, 1.165) is 12.1 Å². The number of halogens is 2. The molecule has 0 bridgehead atoms. The molecule has 162 valence electrons. The van der Waals surface area contributed by atoms with E-state index in [1.807, 2.05) is 0 Å². The molecular weight excluding hydrogens is 445 g/mol. The maximum absolute atomic E-state index is 13.4. The Balaban J connectivity index is 1.42. The summed E-state index contributed by atoms with van der Waals surface area (Å²) in [7, 11) is -3.82. The summed E-state index contributed by atoms with van der Waals surface area (Å²) in [5, 5.41) is 6.77. The van der Waals surface area contributed by atoms with Crippen LogP contribution in [-0.2, 0) is 14.8 Å². The number of carbonyl (C=O) groups is 1. The van der Waals surface area contributed by atoms with Gasteiger partial charge in [0, 0.05) is 37.6 Å². The minimum absolute atomic E-state index is 0.0685. The molecule has 1 amide bonds. The van der Waals surface area contributed by atoms with Crippen molar-refractivity contribution in [3.63, 3.8) is 0 Å². The third-order valence-corrected chi connectivity index (χ3v) is 7.30. The topological polar surface area (TPSA) is 97.2 Å². The number of amides is 1. The van der Waals surface area contributed by atoms with Gasteiger partial charge in [0.1, 0.15) is 5.82 Å². The molecular formula is C20H19ClFN5O3S. The summed E-state index contributed by atoms with van der Waals surface area (Å²) < 4.78 is 41.9. The maximum Gasteiger partial charge on any atom is 0.243 e. The molecule has 0 unspecified atom stereocenters. The molecule has 2 aromatic heterocycles. The van der Waals surface area contributed by atoms with E-state index < -0.39 is 15.8 Å². The quantitative estimate of drug-likeness (QED) is 0.627. The zero-order chi connectivity index (χ0) is 22.0. The number of aromatic nitrogens is 3. The Morgan fingerprint density at radius 2 is 1.94 bits per heavy atom. The fraction of sp³-hybridized carbons (Fsp3) is 0.250. The van der Waals surface area contributed by atoms with Gasteiger partial charge in [0.25, 0.3) is 0 Å². The van der Waals surface area contributed by atoms with Crippen LogP contribution >= 0.6 is 11.6 Å². The second kappa shape index (κ2) is 8.74. The third kappa shape index (κ3) is 4.46. The predicted octanol–water partition coefficient (Wildman–Crippen LogP) is 3.10. The van der Waals surface area contributed by atoms with Crippen molar-refractivity contribution in [3.8, 4) is 5.82 Å². The SMILES string of the molecule is O=C(Nc1cccnc1-n1cccn1)C1CCN(S(=O)(=O)c2ccc(F)c(Cl)c2)CC1. The van der Waals surface area contributed by atoms with Crippen LogP contribution in [0.5, 0.6) is 0 Å². The number of nitrogens with one attached hydrogen (secondary N) is 1. The summed E-state index contributed by atoms with van der Waals surface area (Å²) in [6, 6.07) is 8.52. The van der Waals surface area contributed by atoms with Crippen LogP contribution < -0.4 is 5.32 Å². The van der Waals surface area contributed by atoms with Crippen molar-refractivity contribution < 1.29 is 17.6 Å². The molecule has 3 heterocycles. The number of nitrogens with zero attached hydrogens (tertiary/aromatic N) is 4. The van der Waals surface area contributed by atoms with Gasteiger partial charge in [0.15, 0.2) is 5.82 Å². The van der Waals surface area contributed by atoms with E-state index in [-0.39, 0.29) is 34.8 Å². The average Bonchev–Trinajstić information content (AvgIpc) is 3.31. The van der Waals surface area contributed by atoms with Gasteiger partial charge in [-0.05, 0) is 49.2 Å². The molecule has 0 saturated carbocycles. The lowest BCUT2D eigenvalue weighted by Crippen LogP contribution is -2.41. The van der Waals surface area contributed by atoms with Crippen LogP contribution in [0.1, 0.15) is 12.8 Å². The summed E-state index contributed by atoms with van der Waals surface area (Å²) in [5.41, 5.74) is 0.521. The van der Waals surface area contributed by atoms with Gasteiger partial charge in [-0.3, -0.25) is 4.79 Å². The van der Waals surface area contributed by atoms with Crippen molar-refractivity contribution in [2.24, 2.45) is 5.92 Å². The molecule has 0 atom stereocenters. The Morgan fingerprint density at radius 1 is 1.16 bits per heavy atom. The van der Waals surface area contributed by atoms with E-state index in [2.05, 4.69) is 15.4 Å². The first-order valence-electron chi connectivity index (χ1n) is 9.57. The number of piperidine rings is 1. The van der Waals surface area contributed by atoms with E-state index in [9.17, 15) is 17.6 Å². The van der Waals surface area contributed by atoms with Crippen LogP contribution in [0.25, 0.3) is 5.82 Å². The van der Waals surface area contributed by atoms with Gasteiger partial charge in [-0.15, -0.1) is 0 Å². The molecule has 0 aliphatic carbocycles. The van der Waals surface area contributed by atoms with E-state index >= 15 is 0 Å². The number of pyridine rings is 1. The first-order chi connectivity index (χ1) is 14.9. The molecule has 1 aliphatic heterocycles. The summed E-state index contributed by atoms with van der Waals surface area (Å²) in [4.78, 5) is 17.0. The van der Waals surface area contributed by atoms with Crippen molar-refractivity contribution >= 4 is 33.2 Å². The highest BCUT2D eigenvalue weighted by molar-refractivity contribution is 7.89. The molecule has 31 heavy (non-hydrogen) atoms. The van der Waals surface area contributed by atoms with Crippen molar-refractivity contribution in [1.82, 2.24) is 19.1 Å². The van der Waals surface area contributed by atoms with Crippen LogP contribution in [-0.4, -0.2) is 46.5 Å². The lowest BCUT2D eigenvalue weighted by atomic mass is 9.97. The second-order valence-electron chi connectivity index (χ2n) is 7.07. The molecule has 1 fully saturated rings. The Kier molecular flexibility index (Phi) is 6.03. The number of carbonyl (C=O) groups excluding carboxylic acids is 1. The Hall–Kier alpha value is -2.82. The Labute approximate surface area is 183 Å². The third-order valence-electron chi connectivity index (χ3n) is 5.12. The number of rotatable bonds is 5. The Bertz CT molecular complexity index is 1200. The van der Waals surface area contributed by atoms with Gasteiger partial charge in [-0.2, -0.15) is 9.40 Å². The number of hydrogen-bond donors (Lipinski definition) is 1. The van der Waals surface area contributed by atoms with Gasteiger partial charge >= 0.3 is 0 Å². The van der Waals surface area contributed by atoms with Crippen molar-refractivity contribution in [3.05, 3.63) is 65.8 Å². The van der Waals surface area contributed by atoms with Crippen molar-refractivity contribution in [1.29, 1.82) is 0 Å². The van der Waals surface area contributed by atoms with Gasteiger partial charge in [0.05, 0.1) is 15.6 Å². The van der Waals surface area contributed by atoms with Gasteiger partial charge in [-0.1, -0.05) is 11.6 Å².